The van der Waals surface area contributed by atoms with Crippen LogP contribution in [0.3, 0.4) is 0 Å². The molecular weight excluding hydrogens is 266 g/mol. The molecule has 1 rings (SSSR count). The molecule has 1 unspecified atom stereocenters. The minimum Gasteiger partial charge on any atom is -0.352 e. The van der Waals surface area contributed by atoms with Gasteiger partial charge in [-0.25, -0.2) is 0 Å². The molecule has 0 radical (unpaired) electrons. The Balaban J connectivity index is 0.00000324. The molecule has 6 heteroatoms. The highest BCUT2D eigenvalue weighted by Gasteiger charge is 2.27. The van der Waals surface area contributed by atoms with Gasteiger partial charge in [0.25, 0.3) is 0 Å². The highest BCUT2D eigenvalue weighted by atomic mass is 35.5. The smallest absolute Gasteiger partial charge is 0.239 e. The van der Waals surface area contributed by atoms with E-state index in [0.29, 0.717) is 5.92 Å². The van der Waals surface area contributed by atoms with Crippen LogP contribution in [0, 0.1) is 5.92 Å². The Morgan fingerprint density at radius 2 is 2.00 bits per heavy atom. The van der Waals surface area contributed by atoms with E-state index in [1.807, 2.05) is 0 Å². The highest BCUT2D eigenvalue weighted by molar-refractivity contribution is 5.85. The lowest BCUT2D eigenvalue weighted by Crippen LogP contribution is -2.47. The molecule has 0 aromatic rings. The van der Waals surface area contributed by atoms with E-state index >= 15 is 0 Å². The molecule has 0 bridgehead atoms. The first-order valence-electron chi connectivity index (χ1n) is 6.93. The van der Waals surface area contributed by atoms with Gasteiger partial charge in [-0.3, -0.25) is 9.59 Å². The topological polar surface area (TPSA) is 84.2 Å². The number of halogens is 1. The molecular formula is C13H26ClN3O2. The van der Waals surface area contributed by atoms with Crippen molar-refractivity contribution in [3.8, 4) is 0 Å². The minimum atomic E-state index is -0.293. The summed E-state index contributed by atoms with van der Waals surface area (Å²) in [6.45, 7) is 2.11. The van der Waals surface area contributed by atoms with Crippen LogP contribution in [0.2, 0.25) is 0 Å². The number of hydrogen-bond donors (Lipinski definition) is 3. The predicted molar refractivity (Wildman–Crippen MR) is 78.1 cm³/mol. The first-order chi connectivity index (χ1) is 8.67. The average Bonchev–Trinajstić information content (AvgIpc) is 2.30. The van der Waals surface area contributed by atoms with Crippen molar-refractivity contribution < 1.29 is 9.59 Å². The van der Waals surface area contributed by atoms with Gasteiger partial charge in [0.1, 0.15) is 0 Å². The number of unbranched alkanes of at least 4 members (excludes halogenated alkanes) is 1. The first kappa shape index (κ1) is 18.2. The van der Waals surface area contributed by atoms with Gasteiger partial charge in [-0.2, -0.15) is 0 Å². The molecule has 0 saturated heterocycles. The van der Waals surface area contributed by atoms with Crippen molar-refractivity contribution in [2.24, 2.45) is 11.7 Å². The molecule has 5 nitrogen and oxygen atoms in total. The molecule has 0 heterocycles. The van der Waals surface area contributed by atoms with Crippen LogP contribution in [0.25, 0.3) is 0 Å². The van der Waals surface area contributed by atoms with Crippen molar-refractivity contribution in [3.63, 3.8) is 0 Å². The van der Waals surface area contributed by atoms with Gasteiger partial charge in [-0.1, -0.05) is 26.2 Å². The standard InChI is InChI=1S/C13H25N3O2.ClH/c1-2-3-7-11(10-5-4-6-10)16-13(18)9-15-12(17)8-14;/h10-11H,2-9,14H2,1H3,(H,15,17)(H,16,18);1H. The van der Waals surface area contributed by atoms with Crippen molar-refractivity contribution in [1.29, 1.82) is 0 Å². The van der Waals surface area contributed by atoms with E-state index in [1.54, 1.807) is 0 Å². The Kier molecular flexibility index (Phi) is 9.61. The van der Waals surface area contributed by atoms with Gasteiger partial charge in [0.2, 0.25) is 11.8 Å². The van der Waals surface area contributed by atoms with E-state index in [1.165, 1.54) is 19.3 Å². The number of amides is 2. The van der Waals surface area contributed by atoms with Crippen LogP contribution in [-0.2, 0) is 9.59 Å². The fraction of sp³-hybridized carbons (Fsp3) is 0.846. The number of hydrogen-bond acceptors (Lipinski definition) is 3. The van der Waals surface area contributed by atoms with Crippen LogP contribution in [0.1, 0.15) is 45.4 Å². The van der Waals surface area contributed by atoms with Crippen LogP contribution >= 0.6 is 12.4 Å². The molecule has 112 valence electrons. The Morgan fingerprint density at radius 1 is 1.32 bits per heavy atom. The Hall–Kier alpha value is -0.810. The van der Waals surface area contributed by atoms with Crippen molar-refractivity contribution in [3.05, 3.63) is 0 Å². The second-order valence-corrected chi connectivity index (χ2v) is 4.99. The van der Waals surface area contributed by atoms with E-state index in [-0.39, 0.29) is 43.4 Å². The highest BCUT2D eigenvalue weighted by Crippen LogP contribution is 2.31. The van der Waals surface area contributed by atoms with Gasteiger partial charge in [-0.05, 0) is 25.2 Å². The van der Waals surface area contributed by atoms with Crippen LogP contribution in [-0.4, -0.2) is 30.9 Å². The summed E-state index contributed by atoms with van der Waals surface area (Å²) in [4.78, 5) is 22.7. The average molecular weight is 292 g/mol. The van der Waals surface area contributed by atoms with Gasteiger partial charge in [0, 0.05) is 6.04 Å². The summed E-state index contributed by atoms with van der Waals surface area (Å²) in [7, 11) is 0. The Bertz CT molecular complexity index is 283. The second-order valence-electron chi connectivity index (χ2n) is 4.99. The molecule has 1 aliphatic carbocycles. The van der Waals surface area contributed by atoms with Gasteiger partial charge in [-0.15, -0.1) is 12.4 Å². The molecule has 0 aromatic heterocycles. The molecule has 4 N–H and O–H groups in total. The summed E-state index contributed by atoms with van der Waals surface area (Å²) < 4.78 is 0. The van der Waals surface area contributed by atoms with Crippen molar-refractivity contribution in [2.45, 2.75) is 51.5 Å². The molecule has 1 fully saturated rings. The predicted octanol–water partition coefficient (Wildman–Crippen LogP) is 0.958. The summed E-state index contributed by atoms with van der Waals surface area (Å²) >= 11 is 0. The van der Waals surface area contributed by atoms with Gasteiger partial charge >= 0.3 is 0 Å². The Morgan fingerprint density at radius 3 is 2.47 bits per heavy atom. The van der Waals surface area contributed by atoms with E-state index in [2.05, 4.69) is 17.6 Å². The lowest BCUT2D eigenvalue weighted by Gasteiger charge is -2.34. The molecule has 1 atom stereocenters. The number of carbonyl (C=O) groups excluding carboxylic acids is 2. The molecule has 2 amide bonds. The maximum absolute atomic E-state index is 11.7. The van der Waals surface area contributed by atoms with Crippen molar-refractivity contribution in [1.82, 2.24) is 10.6 Å². The molecule has 19 heavy (non-hydrogen) atoms. The SMILES string of the molecule is CCCCC(NC(=O)CNC(=O)CN)C1CCC1.Cl. The van der Waals surface area contributed by atoms with E-state index < -0.39 is 0 Å². The number of nitrogens with one attached hydrogen (secondary N) is 2. The lowest BCUT2D eigenvalue weighted by molar-refractivity contribution is -0.126. The van der Waals surface area contributed by atoms with Crippen LogP contribution in [0.5, 0.6) is 0 Å². The van der Waals surface area contributed by atoms with Crippen LogP contribution in [0.15, 0.2) is 0 Å². The summed E-state index contributed by atoms with van der Waals surface area (Å²) in [5.41, 5.74) is 5.16. The molecule has 0 aromatic carbocycles. The maximum Gasteiger partial charge on any atom is 0.239 e. The third kappa shape index (κ3) is 6.78. The molecule has 1 saturated carbocycles. The van der Waals surface area contributed by atoms with Crippen LogP contribution in [0.4, 0.5) is 0 Å². The van der Waals surface area contributed by atoms with Gasteiger partial charge < -0.3 is 16.4 Å². The fourth-order valence-electron chi connectivity index (χ4n) is 2.20. The lowest BCUT2D eigenvalue weighted by atomic mass is 9.78. The normalized spacial score (nSPS) is 15.9. The second kappa shape index (κ2) is 10.0. The Labute approximate surface area is 121 Å². The van der Waals surface area contributed by atoms with Crippen LogP contribution < -0.4 is 16.4 Å². The summed E-state index contributed by atoms with van der Waals surface area (Å²) in [5.74, 6) is 0.231. The van der Waals surface area contributed by atoms with Gasteiger partial charge in [0.15, 0.2) is 0 Å². The molecule has 0 aliphatic heterocycles. The number of rotatable bonds is 8. The largest absolute Gasteiger partial charge is 0.352 e. The van der Waals surface area contributed by atoms with E-state index in [4.69, 9.17) is 5.73 Å². The monoisotopic (exact) mass is 291 g/mol. The van der Waals surface area contributed by atoms with E-state index in [9.17, 15) is 9.59 Å². The molecule has 1 aliphatic rings. The zero-order chi connectivity index (χ0) is 13.4. The zero-order valence-electron chi connectivity index (χ0n) is 11.6. The minimum absolute atomic E-state index is 0. The molecule has 0 spiro atoms. The summed E-state index contributed by atoms with van der Waals surface area (Å²) in [5, 5.41) is 5.53. The summed E-state index contributed by atoms with van der Waals surface area (Å²) in [6.07, 6.45) is 7.01. The third-order valence-corrected chi connectivity index (χ3v) is 3.57. The number of carbonyl (C=O) groups is 2. The fourth-order valence-corrected chi connectivity index (χ4v) is 2.20. The van der Waals surface area contributed by atoms with Gasteiger partial charge in [0.05, 0.1) is 13.1 Å². The third-order valence-electron chi connectivity index (χ3n) is 3.57. The quantitative estimate of drug-likeness (QED) is 0.623. The maximum atomic E-state index is 11.7. The van der Waals surface area contributed by atoms with Crippen molar-refractivity contribution in [2.75, 3.05) is 13.1 Å². The zero-order valence-corrected chi connectivity index (χ0v) is 12.4. The summed E-state index contributed by atoms with van der Waals surface area (Å²) in [6, 6.07) is 0.279. The number of nitrogens with two attached hydrogens (primary N) is 1. The van der Waals surface area contributed by atoms with Crippen molar-refractivity contribution >= 4 is 24.2 Å². The first-order valence-corrected chi connectivity index (χ1v) is 6.93. The van der Waals surface area contributed by atoms with E-state index in [0.717, 1.165) is 19.3 Å².